The van der Waals surface area contributed by atoms with Crippen molar-refractivity contribution in [3.05, 3.63) is 10.4 Å². The van der Waals surface area contributed by atoms with Gasteiger partial charge in [-0.05, 0) is 31.9 Å². The van der Waals surface area contributed by atoms with Gasteiger partial charge >= 0.3 is 10.1 Å². The fraction of sp³-hybridized carbons (Fsp3) is 0.600. The van der Waals surface area contributed by atoms with Gasteiger partial charge in [-0.15, -0.1) is 0 Å². The smallest absolute Gasteiger partial charge is 0.309 e. The Morgan fingerprint density at radius 2 is 1.95 bits per heavy atom. The van der Waals surface area contributed by atoms with Gasteiger partial charge in [-0.3, -0.25) is 0 Å². The lowest BCUT2D eigenvalue weighted by Crippen LogP contribution is -2.18. The van der Waals surface area contributed by atoms with Crippen LogP contribution in [0.5, 0.6) is 5.75 Å². The highest BCUT2D eigenvalue weighted by Gasteiger charge is 2.21. The summed E-state index contributed by atoms with van der Waals surface area (Å²) in [5.41, 5.74) is 0. The number of rotatable bonds is 6. The van der Waals surface area contributed by atoms with E-state index in [1.54, 1.807) is 6.92 Å². The number of halogens is 2. The van der Waals surface area contributed by atoms with Gasteiger partial charge in [-0.25, -0.2) is 4.98 Å². The van der Waals surface area contributed by atoms with Crippen LogP contribution < -0.4 is 9.50 Å². The first-order valence-corrected chi connectivity index (χ1v) is 8.00. The molecule has 1 N–H and O–H groups in total. The zero-order valence-corrected chi connectivity index (χ0v) is 13.1. The minimum Gasteiger partial charge on any atom is -0.375 e. The normalized spacial score (nSPS) is 11.7. The number of hydrogen-bond acceptors (Lipinski definition) is 6. The van der Waals surface area contributed by atoms with Gasteiger partial charge in [-0.2, -0.15) is 13.4 Å². The minimum absolute atomic E-state index is 0.00161. The standard InChI is InChI=1S/C10H15Cl2N3O3S/c1-4-5-19(16,17)18-7-8(11)14-10(12)15-9(7)13-6(2)3/h6H,4-5H2,1-3H3,(H,13,14,15). The monoisotopic (exact) mass is 327 g/mol. The molecule has 0 bridgehead atoms. The summed E-state index contributed by atoms with van der Waals surface area (Å²) in [5, 5.41) is 2.67. The molecule has 0 aliphatic carbocycles. The molecule has 0 fully saturated rings. The van der Waals surface area contributed by atoms with Crippen LogP contribution in [0.1, 0.15) is 27.2 Å². The summed E-state index contributed by atoms with van der Waals surface area (Å²) in [4.78, 5) is 7.56. The predicted octanol–water partition coefficient (Wildman–Crippen LogP) is 2.72. The molecule has 6 nitrogen and oxygen atoms in total. The second-order valence-corrected chi connectivity index (χ2v) is 6.49. The SMILES string of the molecule is CCCS(=O)(=O)Oc1c(Cl)nc(Cl)nc1NC(C)C. The largest absolute Gasteiger partial charge is 0.375 e. The van der Waals surface area contributed by atoms with Crippen molar-refractivity contribution >= 4 is 39.1 Å². The molecule has 0 saturated heterocycles. The van der Waals surface area contributed by atoms with Gasteiger partial charge in [-0.1, -0.05) is 18.5 Å². The first-order valence-electron chi connectivity index (χ1n) is 5.67. The second-order valence-electron chi connectivity index (χ2n) is 4.11. The molecule has 0 aliphatic heterocycles. The Bertz CT molecular complexity index is 549. The van der Waals surface area contributed by atoms with Crippen molar-refractivity contribution < 1.29 is 12.6 Å². The van der Waals surface area contributed by atoms with E-state index in [9.17, 15) is 8.42 Å². The molecule has 19 heavy (non-hydrogen) atoms. The lowest BCUT2D eigenvalue weighted by atomic mass is 10.4. The van der Waals surface area contributed by atoms with Crippen LogP contribution in [0, 0.1) is 0 Å². The molecule has 0 aromatic carbocycles. The van der Waals surface area contributed by atoms with E-state index in [4.69, 9.17) is 27.4 Å². The van der Waals surface area contributed by atoms with Crippen LogP contribution >= 0.6 is 23.2 Å². The number of anilines is 1. The lowest BCUT2D eigenvalue weighted by molar-refractivity contribution is 0.483. The Kier molecular flexibility index (Phi) is 5.64. The van der Waals surface area contributed by atoms with Gasteiger partial charge in [0.15, 0.2) is 11.0 Å². The molecule has 1 heterocycles. The van der Waals surface area contributed by atoms with Gasteiger partial charge in [0.1, 0.15) is 0 Å². The highest BCUT2D eigenvalue weighted by molar-refractivity contribution is 7.87. The molecule has 0 atom stereocenters. The molecular weight excluding hydrogens is 313 g/mol. The first kappa shape index (κ1) is 16.3. The van der Waals surface area contributed by atoms with Crippen molar-refractivity contribution in [1.29, 1.82) is 0 Å². The van der Waals surface area contributed by atoms with Crippen molar-refractivity contribution in [2.45, 2.75) is 33.2 Å². The van der Waals surface area contributed by atoms with Gasteiger partial charge in [0.2, 0.25) is 11.0 Å². The molecule has 0 saturated carbocycles. The van der Waals surface area contributed by atoms with Gasteiger partial charge in [0, 0.05) is 6.04 Å². The molecule has 0 amide bonds. The minimum atomic E-state index is -3.73. The van der Waals surface area contributed by atoms with Crippen LogP contribution in [0.25, 0.3) is 0 Å². The summed E-state index contributed by atoms with van der Waals surface area (Å²) in [7, 11) is -3.73. The third-order valence-corrected chi connectivity index (χ3v) is 3.64. The molecule has 1 aromatic rings. The summed E-state index contributed by atoms with van der Waals surface area (Å²) in [6, 6.07) is -0.00161. The van der Waals surface area contributed by atoms with E-state index in [-0.39, 0.29) is 33.8 Å². The molecular formula is C10H15Cl2N3O3S. The Morgan fingerprint density at radius 3 is 2.47 bits per heavy atom. The van der Waals surface area contributed by atoms with E-state index < -0.39 is 10.1 Å². The van der Waals surface area contributed by atoms with Crippen molar-refractivity contribution in [2.75, 3.05) is 11.1 Å². The highest BCUT2D eigenvalue weighted by atomic mass is 35.5. The van der Waals surface area contributed by atoms with E-state index >= 15 is 0 Å². The van der Waals surface area contributed by atoms with Crippen LogP contribution in [0.4, 0.5) is 5.82 Å². The molecule has 108 valence electrons. The lowest BCUT2D eigenvalue weighted by Gasteiger charge is -2.14. The van der Waals surface area contributed by atoms with E-state index in [1.165, 1.54) is 0 Å². The number of aromatic nitrogens is 2. The van der Waals surface area contributed by atoms with E-state index in [0.717, 1.165) is 0 Å². The zero-order valence-electron chi connectivity index (χ0n) is 10.8. The van der Waals surface area contributed by atoms with Gasteiger partial charge < -0.3 is 9.50 Å². The van der Waals surface area contributed by atoms with E-state index in [0.29, 0.717) is 6.42 Å². The van der Waals surface area contributed by atoms with Crippen LogP contribution in [0.3, 0.4) is 0 Å². The summed E-state index contributed by atoms with van der Waals surface area (Å²) in [5.74, 6) is -0.0968. The Morgan fingerprint density at radius 1 is 1.32 bits per heavy atom. The van der Waals surface area contributed by atoms with Crippen molar-refractivity contribution in [3.63, 3.8) is 0 Å². The highest BCUT2D eigenvalue weighted by Crippen LogP contribution is 2.32. The second kappa shape index (κ2) is 6.58. The molecule has 0 spiro atoms. The maximum atomic E-state index is 11.7. The summed E-state index contributed by atoms with van der Waals surface area (Å²) >= 11 is 11.5. The topological polar surface area (TPSA) is 81.2 Å². The fourth-order valence-electron chi connectivity index (χ4n) is 1.26. The maximum Gasteiger partial charge on any atom is 0.309 e. The molecule has 0 aliphatic rings. The third-order valence-electron chi connectivity index (χ3n) is 1.89. The van der Waals surface area contributed by atoms with Crippen molar-refractivity contribution in [3.8, 4) is 5.75 Å². The number of nitrogens with zero attached hydrogens (tertiary/aromatic N) is 2. The molecule has 1 aromatic heterocycles. The van der Waals surface area contributed by atoms with Gasteiger partial charge in [0.05, 0.1) is 5.75 Å². The summed E-state index contributed by atoms with van der Waals surface area (Å²) < 4.78 is 28.3. The maximum absolute atomic E-state index is 11.7. The predicted molar refractivity (Wildman–Crippen MR) is 75.5 cm³/mol. The molecule has 1 rings (SSSR count). The number of nitrogens with one attached hydrogen (secondary N) is 1. The van der Waals surface area contributed by atoms with Crippen LogP contribution in [-0.4, -0.2) is 30.2 Å². The Labute approximate surface area is 122 Å². The zero-order chi connectivity index (χ0) is 14.6. The van der Waals surface area contributed by atoms with Crippen molar-refractivity contribution in [2.24, 2.45) is 0 Å². The molecule has 0 radical (unpaired) electrons. The van der Waals surface area contributed by atoms with Crippen molar-refractivity contribution in [1.82, 2.24) is 9.97 Å². The average Bonchev–Trinajstić information content (AvgIpc) is 2.22. The van der Waals surface area contributed by atoms with Crippen LogP contribution in [0.15, 0.2) is 0 Å². The molecule has 0 unspecified atom stereocenters. The Balaban J connectivity index is 3.18. The number of hydrogen-bond donors (Lipinski definition) is 1. The average molecular weight is 328 g/mol. The van der Waals surface area contributed by atoms with E-state index in [2.05, 4.69) is 15.3 Å². The van der Waals surface area contributed by atoms with Crippen LogP contribution in [0.2, 0.25) is 10.4 Å². The van der Waals surface area contributed by atoms with Crippen LogP contribution in [-0.2, 0) is 10.1 Å². The molecule has 9 heteroatoms. The fourth-order valence-corrected chi connectivity index (χ4v) is 2.72. The summed E-state index contributed by atoms with van der Waals surface area (Å²) in [6.45, 7) is 5.44. The van der Waals surface area contributed by atoms with Gasteiger partial charge in [0.25, 0.3) is 0 Å². The summed E-state index contributed by atoms with van der Waals surface area (Å²) in [6.07, 6.45) is 0.432. The third kappa shape index (κ3) is 5.00. The first-order chi connectivity index (χ1) is 8.75. The Hall–Kier alpha value is -0.790. The quantitative estimate of drug-likeness (QED) is 0.491. The van der Waals surface area contributed by atoms with E-state index in [1.807, 2.05) is 13.8 Å².